The van der Waals surface area contributed by atoms with Crippen LogP contribution in [0.25, 0.3) is 10.8 Å². The Morgan fingerprint density at radius 2 is 1.47 bits per heavy atom. The average Bonchev–Trinajstić information content (AvgIpc) is 2.91. The first-order chi connectivity index (χ1) is 19.9. The van der Waals surface area contributed by atoms with E-state index in [0.717, 1.165) is 12.3 Å². The summed E-state index contributed by atoms with van der Waals surface area (Å²) in [5.74, 6) is -0.622. The molecule has 0 bridgehead atoms. The Morgan fingerprint density at radius 1 is 0.814 bits per heavy atom. The maximum atomic E-state index is 13.9. The van der Waals surface area contributed by atoms with Gasteiger partial charge in [-0.3, -0.25) is 9.35 Å². The van der Waals surface area contributed by atoms with Crippen molar-refractivity contribution in [3.63, 3.8) is 0 Å². The van der Waals surface area contributed by atoms with Crippen molar-refractivity contribution in [1.82, 2.24) is 0 Å². The van der Waals surface area contributed by atoms with E-state index in [1.807, 2.05) is 0 Å². The molecule has 0 radical (unpaired) electrons. The third kappa shape index (κ3) is 6.91. The lowest BCUT2D eigenvalue weighted by Gasteiger charge is -2.13. The van der Waals surface area contributed by atoms with Crippen LogP contribution in [0.3, 0.4) is 0 Å². The number of rotatable bonds is 8. The molecule has 4 rings (SSSR count). The Hall–Kier alpha value is -3.76. The Kier molecular flexibility index (Phi) is 8.77. The second-order valence-corrected chi connectivity index (χ2v) is 15.8. The van der Waals surface area contributed by atoms with Gasteiger partial charge in [0.05, 0.1) is 24.9 Å². The van der Waals surface area contributed by atoms with Crippen molar-refractivity contribution in [3.05, 3.63) is 88.9 Å². The fourth-order valence-electron chi connectivity index (χ4n) is 4.16. The summed E-state index contributed by atoms with van der Waals surface area (Å²) in [6, 6.07) is 14.8. The van der Waals surface area contributed by atoms with E-state index >= 15 is 0 Å². The van der Waals surface area contributed by atoms with Gasteiger partial charge >= 0.3 is 0 Å². The molecule has 1 amide bonds. The van der Waals surface area contributed by atoms with Gasteiger partial charge in [-0.2, -0.15) is 8.42 Å². The summed E-state index contributed by atoms with van der Waals surface area (Å²) in [5.41, 5.74) is 1.28. The van der Waals surface area contributed by atoms with Crippen LogP contribution in [0.1, 0.15) is 11.1 Å². The highest BCUT2D eigenvalue weighted by molar-refractivity contribution is 9.12. The Morgan fingerprint density at radius 3 is 2.09 bits per heavy atom. The number of halogens is 1. The monoisotopic (exact) mass is 705 g/mol. The third-order valence-corrected chi connectivity index (χ3v) is 10.6. The number of hydrogen-bond donors (Lipinski definition) is 2. The highest BCUT2D eigenvalue weighted by atomic mass is 79.9. The summed E-state index contributed by atoms with van der Waals surface area (Å²) >= 11 is 2.97. The van der Waals surface area contributed by atoms with Crippen LogP contribution in [-0.4, -0.2) is 42.0 Å². The number of hydrogen-bond acceptors (Lipinski definition) is 9. The van der Waals surface area contributed by atoms with Crippen LogP contribution < -0.4 is 5.32 Å². The minimum Gasteiger partial charge on any atom is -0.322 e. The molecule has 0 spiro atoms. The van der Waals surface area contributed by atoms with E-state index in [1.165, 1.54) is 48.5 Å². The Balaban J connectivity index is 1.92. The first-order valence-electron chi connectivity index (χ1n) is 12.2. The number of aryl methyl sites for hydroxylation is 2. The molecule has 0 unspecified atom stereocenters. The minimum absolute atomic E-state index is 0.000543. The predicted molar refractivity (Wildman–Crippen MR) is 166 cm³/mol. The van der Waals surface area contributed by atoms with Gasteiger partial charge in [0.2, 0.25) is 9.84 Å². The predicted octanol–water partition coefficient (Wildman–Crippen LogP) is 6.20. The van der Waals surface area contributed by atoms with Gasteiger partial charge in [0, 0.05) is 17.3 Å². The molecule has 224 valence electrons. The molecule has 15 heteroatoms. The first-order valence-corrected chi connectivity index (χ1v) is 17.8. The molecule has 0 aliphatic rings. The van der Waals surface area contributed by atoms with Gasteiger partial charge in [-0.15, -0.1) is 10.2 Å². The van der Waals surface area contributed by atoms with Gasteiger partial charge in [-0.25, -0.2) is 16.8 Å². The van der Waals surface area contributed by atoms with Crippen molar-refractivity contribution in [2.24, 2.45) is 10.2 Å². The molecule has 0 aliphatic carbocycles. The van der Waals surface area contributed by atoms with E-state index in [-0.39, 0.29) is 35.4 Å². The fraction of sp³-hybridized carbons (Fsp3) is 0.107. The molecule has 0 aromatic heterocycles. The van der Waals surface area contributed by atoms with Crippen molar-refractivity contribution >= 4 is 79.5 Å². The van der Waals surface area contributed by atoms with E-state index in [4.69, 9.17) is 0 Å². The van der Waals surface area contributed by atoms with Crippen molar-refractivity contribution in [1.29, 1.82) is 0 Å². The SMILES string of the molecule is C=C(Br)C(=O)Nc1ccc(N=Nc2c(C)ccc3cc(S(=O)(=O)O)ccc23)c(S(=O)(=O)c2ccc(C)c(S(C)(=O)=O)c2)c1. The van der Waals surface area contributed by atoms with Gasteiger partial charge in [0.15, 0.2) is 9.84 Å². The summed E-state index contributed by atoms with van der Waals surface area (Å²) in [6.45, 7) is 6.76. The summed E-state index contributed by atoms with van der Waals surface area (Å²) in [4.78, 5) is 11.1. The van der Waals surface area contributed by atoms with Gasteiger partial charge in [0.25, 0.3) is 16.0 Å². The maximum absolute atomic E-state index is 13.9. The van der Waals surface area contributed by atoms with E-state index in [2.05, 4.69) is 38.1 Å². The zero-order valence-corrected chi connectivity index (χ0v) is 26.9. The molecule has 2 N–H and O–H groups in total. The highest BCUT2D eigenvalue weighted by Gasteiger charge is 2.25. The lowest BCUT2D eigenvalue weighted by molar-refractivity contribution is -0.112. The van der Waals surface area contributed by atoms with Crippen LogP contribution in [-0.2, 0) is 34.6 Å². The standard InChI is InChI=1S/C28H24BrN3O8S3/c1-16-6-9-21(15-25(16)41(4,34)35)42(36,37)26-14-20(30-28(33)18(3)29)8-12-24(26)31-32-27-17(2)5-7-19-13-22(43(38,39)40)10-11-23(19)27/h5-15H,3H2,1-2,4H3,(H,30,33)(H,38,39,40). The van der Waals surface area contributed by atoms with E-state index in [9.17, 15) is 34.6 Å². The number of carbonyl (C=O) groups excluding carboxylic acids is 1. The molecule has 0 saturated carbocycles. The summed E-state index contributed by atoms with van der Waals surface area (Å²) in [6.07, 6.45) is 0.972. The summed E-state index contributed by atoms with van der Waals surface area (Å²) < 4.78 is 85.1. The number of benzene rings is 4. The quantitative estimate of drug-likeness (QED) is 0.124. The largest absolute Gasteiger partial charge is 0.322 e. The summed E-state index contributed by atoms with van der Waals surface area (Å²) in [7, 11) is -12.6. The number of anilines is 1. The van der Waals surface area contributed by atoms with Crippen LogP contribution >= 0.6 is 15.9 Å². The smallest absolute Gasteiger partial charge is 0.294 e. The number of fused-ring (bicyclic) bond motifs is 1. The normalized spacial score (nSPS) is 12.5. The van der Waals surface area contributed by atoms with Gasteiger partial charge in [-0.1, -0.05) is 30.8 Å². The van der Waals surface area contributed by atoms with Crippen molar-refractivity contribution in [3.8, 4) is 0 Å². The Labute approximate surface area is 257 Å². The average molecular weight is 707 g/mol. The van der Waals surface area contributed by atoms with Crippen molar-refractivity contribution in [2.75, 3.05) is 11.6 Å². The van der Waals surface area contributed by atoms with Crippen LogP contribution in [0.4, 0.5) is 17.1 Å². The zero-order valence-electron chi connectivity index (χ0n) is 22.9. The lowest BCUT2D eigenvalue weighted by Crippen LogP contribution is -2.11. The molecule has 43 heavy (non-hydrogen) atoms. The molecule has 0 heterocycles. The van der Waals surface area contributed by atoms with Crippen LogP contribution in [0.2, 0.25) is 0 Å². The molecule has 11 nitrogen and oxygen atoms in total. The van der Waals surface area contributed by atoms with Gasteiger partial charge in [-0.05, 0) is 88.8 Å². The van der Waals surface area contributed by atoms with E-state index < -0.39 is 35.7 Å². The molecule has 4 aromatic carbocycles. The molecule has 0 fully saturated rings. The summed E-state index contributed by atoms with van der Waals surface area (Å²) in [5, 5.41) is 11.9. The number of carbonyl (C=O) groups is 1. The van der Waals surface area contributed by atoms with Crippen LogP contribution in [0, 0.1) is 13.8 Å². The maximum Gasteiger partial charge on any atom is 0.294 e. The van der Waals surface area contributed by atoms with E-state index in [1.54, 1.807) is 26.0 Å². The molecule has 0 aliphatic heterocycles. The number of sulfone groups is 2. The molecular weight excluding hydrogens is 682 g/mol. The Bertz CT molecular complexity index is 2200. The van der Waals surface area contributed by atoms with Crippen molar-refractivity contribution < 1.29 is 34.6 Å². The number of nitrogens with zero attached hydrogens (tertiary/aromatic N) is 2. The van der Waals surface area contributed by atoms with Gasteiger partial charge in [0.1, 0.15) is 10.6 Å². The second kappa shape index (κ2) is 11.7. The fourth-order valence-corrected chi connectivity index (χ4v) is 7.28. The molecule has 0 atom stereocenters. The molecular formula is C28H24BrN3O8S3. The van der Waals surface area contributed by atoms with Crippen LogP contribution in [0.5, 0.6) is 0 Å². The third-order valence-electron chi connectivity index (χ3n) is 6.34. The number of amides is 1. The number of azo groups is 1. The van der Waals surface area contributed by atoms with Crippen LogP contribution in [0.15, 0.2) is 108 Å². The second-order valence-electron chi connectivity index (χ2n) is 9.53. The first kappa shape index (κ1) is 32.2. The molecule has 4 aromatic rings. The topological polar surface area (TPSA) is 176 Å². The number of nitrogens with one attached hydrogen (secondary N) is 1. The molecule has 0 saturated heterocycles. The van der Waals surface area contributed by atoms with E-state index in [0.29, 0.717) is 27.6 Å². The zero-order chi connectivity index (χ0) is 31.9. The minimum atomic E-state index is -4.45. The lowest BCUT2D eigenvalue weighted by atomic mass is 10.1. The van der Waals surface area contributed by atoms with Gasteiger partial charge < -0.3 is 5.32 Å². The van der Waals surface area contributed by atoms with Crippen molar-refractivity contribution in [2.45, 2.75) is 33.4 Å². The highest BCUT2D eigenvalue weighted by Crippen LogP contribution is 2.37.